The molecule has 2 aromatic rings. The summed E-state index contributed by atoms with van der Waals surface area (Å²) in [4.78, 5) is 0.894. The molecule has 1 aromatic heterocycles. The zero-order valence-corrected chi connectivity index (χ0v) is 12.7. The second-order valence-corrected chi connectivity index (χ2v) is 7.04. The van der Waals surface area contributed by atoms with Crippen LogP contribution in [0.25, 0.3) is 0 Å². The summed E-state index contributed by atoms with van der Waals surface area (Å²) < 4.78 is 2.59. The molecule has 0 aliphatic rings. The number of aromatic nitrogens is 2. The van der Waals surface area contributed by atoms with Gasteiger partial charge in [-0.3, -0.25) is 0 Å². The molecule has 2 rings (SSSR count). The first kappa shape index (κ1) is 12.9. The van der Waals surface area contributed by atoms with Crippen molar-refractivity contribution in [1.82, 2.24) is 10.2 Å². The van der Waals surface area contributed by atoms with Crippen LogP contribution in [0.5, 0.6) is 0 Å². The Morgan fingerprint density at radius 1 is 1.35 bits per heavy atom. The van der Waals surface area contributed by atoms with Crippen LogP contribution in [0.1, 0.15) is 5.56 Å². The Bertz CT molecular complexity index is 576. The lowest BCUT2D eigenvalue weighted by Crippen LogP contribution is -1.82. The van der Waals surface area contributed by atoms with Crippen LogP contribution < -0.4 is 0 Å². The molecule has 0 aliphatic carbocycles. The molecule has 0 spiro atoms. The van der Waals surface area contributed by atoms with Crippen LogP contribution in [-0.4, -0.2) is 16.5 Å². The number of halogens is 1. The fourth-order valence-corrected chi connectivity index (χ4v) is 4.21. The third-order valence-corrected chi connectivity index (χ3v) is 5.52. The number of nitriles is 1. The molecule has 0 aliphatic heterocycles. The van der Waals surface area contributed by atoms with Gasteiger partial charge in [-0.1, -0.05) is 40.9 Å². The lowest BCUT2D eigenvalue weighted by molar-refractivity contribution is 0.955. The Kier molecular flexibility index (Phi) is 4.45. The molecule has 0 N–H and O–H groups in total. The fraction of sp³-hybridized carbons (Fsp3) is 0.100. The molecule has 0 saturated carbocycles. The van der Waals surface area contributed by atoms with Crippen molar-refractivity contribution in [2.75, 3.05) is 6.26 Å². The first-order valence-electron chi connectivity index (χ1n) is 4.48. The third-order valence-electron chi connectivity index (χ3n) is 1.85. The Balaban J connectivity index is 2.30. The van der Waals surface area contributed by atoms with Gasteiger partial charge in [-0.05, 0) is 34.3 Å². The summed E-state index contributed by atoms with van der Waals surface area (Å²) in [6.45, 7) is 0. The average Bonchev–Trinajstić information content (AvgIpc) is 2.77. The number of hydrogen-bond donors (Lipinski definition) is 0. The minimum absolute atomic E-state index is 0.637. The standard InChI is InChI=1S/C10H6BrN3S3/c1-15-9-13-14-10(17-9)16-8-4-2-3-7(11)6(8)5-12/h2-4H,1H3. The number of hydrogen-bond acceptors (Lipinski definition) is 6. The summed E-state index contributed by atoms with van der Waals surface area (Å²) in [5.74, 6) is 0. The van der Waals surface area contributed by atoms with Crippen molar-refractivity contribution in [2.24, 2.45) is 0 Å². The van der Waals surface area contributed by atoms with Gasteiger partial charge in [0.2, 0.25) is 0 Å². The molecular weight excluding hydrogens is 338 g/mol. The smallest absolute Gasteiger partial charge is 0.179 e. The molecule has 17 heavy (non-hydrogen) atoms. The first-order chi connectivity index (χ1) is 8.24. The maximum atomic E-state index is 9.10. The van der Waals surface area contributed by atoms with E-state index in [1.807, 2.05) is 24.5 Å². The molecule has 0 atom stereocenters. The minimum Gasteiger partial charge on any atom is -0.192 e. The van der Waals surface area contributed by atoms with Gasteiger partial charge in [-0.2, -0.15) is 5.26 Å². The zero-order chi connectivity index (χ0) is 12.3. The van der Waals surface area contributed by atoms with E-state index in [2.05, 4.69) is 32.2 Å². The van der Waals surface area contributed by atoms with Gasteiger partial charge in [0.25, 0.3) is 0 Å². The second kappa shape index (κ2) is 5.87. The van der Waals surface area contributed by atoms with Gasteiger partial charge >= 0.3 is 0 Å². The number of rotatable bonds is 3. The summed E-state index contributed by atoms with van der Waals surface area (Å²) in [5, 5.41) is 17.2. The summed E-state index contributed by atoms with van der Waals surface area (Å²) in [6.07, 6.45) is 1.97. The van der Waals surface area contributed by atoms with Crippen LogP contribution in [0.2, 0.25) is 0 Å². The van der Waals surface area contributed by atoms with Crippen molar-refractivity contribution in [3.8, 4) is 6.07 Å². The van der Waals surface area contributed by atoms with E-state index in [9.17, 15) is 0 Å². The van der Waals surface area contributed by atoms with E-state index in [-0.39, 0.29) is 0 Å². The first-order valence-corrected chi connectivity index (χ1v) is 8.13. The van der Waals surface area contributed by atoms with Gasteiger partial charge in [0, 0.05) is 9.37 Å². The molecular formula is C10H6BrN3S3. The van der Waals surface area contributed by atoms with Crippen LogP contribution in [-0.2, 0) is 0 Å². The molecule has 1 heterocycles. The Morgan fingerprint density at radius 3 is 2.76 bits per heavy atom. The third kappa shape index (κ3) is 3.01. The van der Waals surface area contributed by atoms with E-state index in [0.717, 1.165) is 18.0 Å². The Labute approximate surface area is 120 Å². The highest BCUT2D eigenvalue weighted by atomic mass is 79.9. The Morgan fingerprint density at radius 2 is 2.12 bits per heavy atom. The van der Waals surface area contributed by atoms with Crippen LogP contribution >= 0.6 is 50.8 Å². The number of thioether (sulfide) groups is 1. The van der Waals surface area contributed by atoms with Crippen LogP contribution in [0.4, 0.5) is 0 Å². The second-order valence-electron chi connectivity index (χ2n) is 2.86. The molecule has 0 bridgehead atoms. The van der Waals surface area contributed by atoms with Crippen LogP contribution in [0.3, 0.4) is 0 Å². The predicted molar refractivity (Wildman–Crippen MR) is 74.7 cm³/mol. The fourth-order valence-electron chi connectivity index (χ4n) is 1.11. The topological polar surface area (TPSA) is 49.6 Å². The molecule has 86 valence electrons. The van der Waals surface area contributed by atoms with Gasteiger partial charge in [-0.15, -0.1) is 10.2 Å². The van der Waals surface area contributed by atoms with Crippen molar-refractivity contribution >= 4 is 50.8 Å². The van der Waals surface area contributed by atoms with Crippen molar-refractivity contribution in [3.05, 3.63) is 28.2 Å². The average molecular weight is 344 g/mol. The summed E-state index contributed by atoms with van der Waals surface area (Å²) in [6, 6.07) is 7.86. The maximum absolute atomic E-state index is 9.10. The van der Waals surface area contributed by atoms with Crippen LogP contribution in [0, 0.1) is 11.3 Å². The van der Waals surface area contributed by atoms with E-state index >= 15 is 0 Å². The highest BCUT2D eigenvalue weighted by molar-refractivity contribution is 9.10. The summed E-state index contributed by atoms with van der Waals surface area (Å²) >= 11 is 7.94. The zero-order valence-electron chi connectivity index (χ0n) is 8.68. The maximum Gasteiger partial charge on any atom is 0.179 e. The van der Waals surface area contributed by atoms with Gasteiger partial charge in [0.15, 0.2) is 8.68 Å². The van der Waals surface area contributed by atoms with E-state index in [4.69, 9.17) is 5.26 Å². The molecule has 0 amide bonds. The highest BCUT2D eigenvalue weighted by Gasteiger charge is 2.10. The number of nitrogens with zero attached hydrogens (tertiary/aromatic N) is 3. The molecule has 3 nitrogen and oxygen atoms in total. The summed E-state index contributed by atoms with van der Waals surface area (Å²) in [5.41, 5.74) is 0.637. The molecule has 7 heteroatoms. The van der Waals surface area contributed by atoms with Gasteiger partial charge in [0.1, 0.15) is 6.07 Å². The molecule has 0 radical (unpaired) electrons. The normalized spacial score (nSPS) is 10.2. The lowest BCUT2D eigenvalue weighted by Gasteiger charge is -2.01. The van der Waals surface area contributed by atoms with Crippen LogP contribution in [0.15, 0.2) is 36.2 Å². The largest absolute Gasteiger partial charge is 0.192 e. The van der Waals surface area contributed by atoms with E-state index in [1.165, 1.54) is 23.1 Å². The van der Waals surface area contributed by atoms with Crippen molar-refractivity contribution in [1.29, 1.82) is 5.26 Å². The highest BCUT2D eigenvalue weighted by Crippen LogP contribution is 2.36. The van der Waals surface area contributed by atoms with Gasteiger partial charge < -0.3 is 0 Å². The van der Waals surface area contributed by atoms with E-state index < -0.39 is 0 Å². The monoisotopic (exact) mass is 343 g/mol. The quantitative estimate of drug-likeness (QED) is 0.787. The van der Waals surface area contributed by atoms with Crippen molar-refractivity contribution < 1.29 is 0 Å². The SMILES string of the molecule is CSc1nnc(Sc2cccc(Br)c2C#N)s1. The molecule has 0 saturated heterocycles. The predicted octanol–water partition coefficient (Wildman–Crippen LogP) is 4.05. The molecule has 1 aromatic carbocycles. The van der Waals surface area contributed by atoms with E-state index in [1.54, 1.807) is 11.8 Å². The Hall–Kier alpha value is -0.550. The van der Waals surface area contributed by atoms with Gasteiger partial charge in [-0.25, -0.2) is 0 Å². The lowest BCUT2D eigenvalue weighted by atomic mass is 10.2. The molecule has 0 fully saturated rings. The minimum atomic E-state index is 0.637. The number of benzene rings is 1. The van der Waals surface area contributed by atoms with E-state index in [0.29, 0.717) is 5.56 Å². The van der Waals surface area contributed by atoms with Crippen molar-refractivity contribution in [2.45, 2.75) is 13.6 Å². The molecule has 0 unspecified atom stereocenters. The summed E-state index contributed by atoms with van der Waals surface area (Å²) in [7, 11) is 0. The van der Waals surface area contributed by atoms with Crippen molar-refractivity contribution in [3.63, 3.8) is 0 Å². The van der Waals surface area contributed by atoms with Gasteiger partial charge in [0.05, 0.1) is 5.56 Å².